The van der Waals surface area contributed by atoms with Crippen molar-refractivity contribution >= 4 is 18.1 Å². The van der Waals surface area contributed by atoms with E-state index in [4.69, 9.17) is 9.47 Å². The van der Waals surface area contributed by atoms with Gasteiger partial charge in [0.1, 0.15) is 24.0 Å². The fraction of sp³-hybridized carbons (Fsp3) is 0.520. The summed E-state index contributed by atoms with van der Waals surface area (Å²) in [4.78, 5) is 8.74. The fourth-order valence-electron chi connectivity index (χ4n) is 4.45. The van der Waals surface area contributed by atoms with E-state index in [1.807, 2.05) is 24.3 Å². The van der Waals surface area contributed by atoms with Gasteiger partial charge in [0.15, 0.2) is 11.6 Å². The van der Waals surface area contributed by atoms with Crippen molar-refractivity contribution in [1.82, 2.24) is 29.5 Å². The third-order valence-corrected chi connectivity index (χ3v) is 10.4. The van der Waals surface area contributed by atoms with Gasteiger partial charge in [-0.25, -0.2) is 23.1 Å². The van der Waals surface area contributed by atoms with Crippen molar-refractivity contribution in [3.63, 3.8) is 0 Å². The Kier molecular flexibility index (Phi) is 8.50. The number of aliphatic hydroxyl groups excluding tert-OH is 1. The van der Waals surface area contributed by atoms with E-state index < -0.39 is 35.3 Å². The summed E-state index contributed by atoms with van der Waals surface area (Å²) in [5.41, 5.74) is 0.737. The lowest BCUT2D eigenvalue weighted by Crippen LogP contribution is -2.41. The zero-order valence-corrected chi connectivity index (χ0v) is 24.3. The van der Waals surface area contributed by atoms with E-state index in [9.17, 15) is 13.5 Å². The molecule has 0 aliphatic carbocycles. The van der Waals surface area contributed by atoms with Crippen LogP contribution in [0.25, 0.3) is 11.4 Å². The first-order chi connectivity index (χ1) is 18.0. The summed E-state index contributed by atoms with van der Waals surface area (Å²) < 4.78 is 43.3. The lowest BCUT2D eigenvalue weighted by Gasteiger charge is -2.25. The highest BCUT2D eigenvalue weighted by atomic mass is 32.2. The Labute approximate surface area is 224 Å². The highest BCUT2D eigenvalue weighted by Gasteiger charge is 2.37. The zero-order chi connectivity index (χ0) is 27.5. The summed E-state index contributed by atoms with van der Waals surface area (Å²) in [6.45, 7) is 8.76. The van der Waals surface area contributed by atoms with Crippen molar-refractivity contribution in [1.29, 1.82) is 0 Å². The predicted molar refractivity (Wildman–Crippen MR) is 147 cm³/mol. The Morgan fingerprint density at radius 3 is 2.58 bits per heavy atom. The second-order valence-electron chi connectivity index (χ2n) is 10.7. The molecule has 13 heteroatoms. The van der Waals surface area contributed by atoms with Crippen LogP contribution in [-0.4, -0.2) is 78.4 Å². The molecule has 3 aromatic rings. The van der Waals surface area contributed by atoms with Crippen LogP contribution in [0.5, 0.6) is 11.5 Å². The maximum Gasteiger partial charge on any atom is 0.215 e. The highest BCUT2D eigenvalue weighted by molar-refractivity contribution is 7.90. The second kappa shape index (κ2) is 11.5. The SMILES string of the molecule is COc1cnc(C(C)C(Cc2nnc3n2[C@H](CO)COc2ccccc2-3)S(=O)(=O)NCC[Si](C)(C)C)nc1. The molecule has 4 rings (SSSR count). The Morgan fingerprint density at radius 1 is 1.21 bits per heavy atom. The molecule has 3 heterocycles. The highest BCUT2D eigenvalue weighted by Crippen LogP contribution is 2.35. The molecule has 0 amide bonds. The number of para-hydroxylation sites is 1. The number of methoxy groups -OCH3 is 1. The molecule has 1 aromatic carbocycles. The van der Waals surface area contributed by atoms with Crippen LogP contribution in [0.4, 0.5) is 0 Å². The third-order valence-electron chi connectivity index (χ3n) is 6.71. The van der Waals surface area contributed by atoms with E-state index in [0.29, 0.717) is 35.5 Å². The molecule has 0 radical (unpaired) electrons. The summed E-state index contributed by atoms with van der Waals surface area (Å²) >= 11 is 0. The molecule has 0 saturated carbocycles. The van der Waals surface area contributed by atoms with Gasteiger partial charge in [0, 0.05) is 27.0 Å². The van der Waals surface area contributed by atoms with Gasteiger partial charge in [0.2, 0.25) is 10.0 Å². The normalized spacial score (nSPS) is 17.1. The second-order valence-corrected chi connectivity index (χ2v) is 18.3. The minimum atomic E-state index is -3.82. The van der Waals surface area contributed by atoms with Gasteiger partial charge in [-0.15, -0.1) is 10.2 Å². The maximum atomic E-state index is 13.8. The topological polar surface area (TPSA) is 141 Å². The molecule has 2 aromatic heterocycles. The van der Waals surface area contributed by atoms with Crippen LogP contribution in [0.15, 0.2) is 36.7 Å². The minimum absolute atomic E-state index is 0.0461. The Hall–Kier alpha value is -2.87. The lowest BCUT2D eigenvalue weighted by molar-refractivity contribution is 0.169. The monoisotopic (exact) mass is 560 g/mol. The number of nitrogens with zero attached hydrogens (tertiary/aromatic N) is 5. The minimum Gasteiger partial charge on any atom is -0.494 e. The number of aromatic nitrogens is 5. The number of sulfonamides is 1. The Morgan fingerprint density at radius 2 is 1.92 bits per heavy atom. The number of hydrogen-bond donors (Lipinski definition) is 2. The molecule has 1 aliphatic rings. The molecule has 2 N–H and O–H groups in total. The largest absolute Gasteiger partial charge is 0.494 e. The summed E-state index contributed by atoms with van der Waals surface area (Å²) in [7, 11) is -3.76. The van der Waals surface area contributed by atoms with E-state index >= 15 is 0 Å². The number of nitrogens with one attached hydrogen (secondary N) is 1. The first-order valence-corrected chi connectivity index (χ1v) is 17.9. The molecule has 3 atom stereocenters. The molecule has 11 nitrogen and oxygen atoms in total. The van der Waals surface area contributed by atoms with E-state index in [0.717, 1.165) is 11.6 Å². The van der Waals surface area contributed by atoms with Crippen molar-refractivity contribution in [3.05, 3.63) is 48.3 Å². The molecule has 206 valence electrons. The number of fused-ring (bicyclic) bond motifs is 3. The molecular formula is C25H36N6O5SSi. The van der Waals surface area contributed by atoms with Gasteiger partial charge in [-0.1, -0.05) is 38.7 Å². The predicted octanol–water partition coefficient (Wildman–Crippen LogP) is 2.64. The van der Waals surface area contributed by atoms with Crippen molar-refractivity contribution in [2.75, 3.05) is 26.9 Å². The molecule has 0 saturated heterocycles. The molecule has 2 unspecified atom stereocenters. The van der Waals surface area contributed by atoms with E-state index in [1.54, 1.807) is 11.5 Å². The Balaban J connectivity index is 1.73. The molecule has 38 heavy (non-hydrogen) atoms. The van der Waals surface area contributed by atoms with Crippen LogP contribution in [0.3, 0.4) is 0 Å². The van der Waals surface area contributed by atoms with Crippen LogP contribution in [0.2, 0.25) is 25.7 Å². The van der Waals surface area contributed by atoms with E-state index in [2.05, 4.69) is 44.5 Å². The number of ether oxygens (including phenoxy) is 2. The average Bonchev–Trinajstić information content (AvgIpc) is 3.22. The van der Waals surface area contributed by atoms with Gasteiger partial charge >= 0.3 is 0 Å². The van der Waals surface area contributed by atoms with Crippen LogP contribution < -0.4 is 14.2 Å². The first kappa shape index (κ1) is 28.1. The molecule has 0 fully saturated rings. The van der Waals surface area contributed by atoms with Crippen molar-refractivity contribution in [2.45, 2.75) is 56.2 Å². The average molecular weight is 561 g/mol. The van der Waals surface area contributed by atoms with Gasteiger partial charge in [-0.2, -0.15) is 0 Å². The van der Waals surface area contributed by atoms with Gasteiger partial charge in [-0.05, 0) is 18.2 Å². The number of benzene rings is 1. The first-order valence-electron chi connectivity index (χ1n) is 12.7. The molecule has 0 spiro atoms. The van der Waals surface area contributed by atoms with E-state index in [1.165, 1.54) is 19.5 Å². The van der Waals surface area contributed by atoms with Crippen molar-refractivity contribution < 1.29 is 23.0 Å². The maximum absolute atomic E-state index is 13.8. The van der Waals surface area contributed by atoms with Crippen molar-refractivity contribution in [2.24, 2.45) is 0 Å². The zero-order valence-electron chi connectivity index (χ0n) is 22.5. The summed E-state index contributed by atoms with van der Waals surface area (Å²) in [6, 6.07) is 7.79. The van der Waals surface area contributed by atoms with Crippen LogP contribution in [-0.2, 0) is 16.4 Å². The van der Waals surface area contributed by atoms with Crippen LogP contribution in [0, 0.1) is 0 Å². The molecule has 0 bridgehead atoms. The quantitative estimate of drug-likeness (QED) is 0.339. The number of aliphatic hydroxyl groups is 1. The van der Waals surface area contributed by atoms with Crippen molar-refractivity contribution in [3.8, 4) is 22.9 Å². The number of rotatable bonds is 11. The van der Waals surface area contributed by atoms with Gasteiger partial charge < -0.3 is 19.1 Å². The van der Waals surface area contributed by atoms with Gasteiger partial charge in [-0.3, -0.25) is 0 Å². The Bertz CT molecular complexity index is 1340. The van der Waals surface area contributed by atoms with Crippen LogP contribution in [0.1, 0.15) is 30.5 Å². The summed E-state index contributed by atoms with van der Waals surface area (Å²) in [6.07, 6.45) is 3.10. The standard InChI is InChI=1S/C25H36N6O5SSi/c1-17(24-26-13-19(35-2)14-27-24)22(37(33,34)28-10-11-38(3,4)5)12-23-29-30-25-20-8-6-7-9-21(20)36-16-18(15-32)31(23)25/h6-9,13-14,17-18,22,28,32H,10-12,15-16H2,1-5H3/t17?,18-,22?/m1/s1. The molecule has 1 aliphatic heterocycles. The van der Waals surface area contributed by atoms with Crippen LogP contribution >= 0.6 is 0 Å². The fourth-order valence-corrected chi connectivity index (χ4v) is 7.13. The summed E-state index contributed by atoms with van der Waals surface area (Å²) in [5, 5.41) is 18.1. The van der Waals surface area contributed by atoms with Gasteiger partial charge in [0.25, 0.3) is 0 Å². The lowest BCUT2D eigenvalue weighted by atomic mass is 10.0. The number of hydrogen-bond acceptors (Lipinski definition) is 9. The van der Waals surface area contributed by atoms with Gasteiger partial charge in [0.05, 0.1) is 43.0 Å². The smallest absolute Gasteiger partial charge is 0.215 e. The third kappa shape index (κ3) is 6.22. The summed E-state index contributed by atoms with van der Waals surface area (Å²) in [5.74, 6) is 1.92. The van der Waals surface area contributed by atoms with E-state index in [-0.39, 0.29) is 19.6 Å². The molecular weight excluding hydrogens is 524 g/mol.